The summed E-state index contributed by atoms with van der Waals surface area (Å²) < 4.78 is 2.23. The van der Waals surface area contributed by atoms with Crippen molar-refractivity contribution in [3.05, 3.63) is 53.6 Å². The van der Waals surface area contributed by atoms with Crippen LogP contribution in [0, 0.1) is 0 Å². The lowest BCUT2D eigenvalue weighted by Crippen LogP contribution is -2.02. The second-order valence-electron chi connectivity index (χ2n) is 3.80. The van der Waals surface area contributed by atoms with Crippen LogP contribution in [0.3, 0.4) is 0 Å². The number of aliphatic hydroxyl groups is 1. The van der Waals surface area contributed by atoms with Crippen molar-refractivity contribution in [1.82, 2.24) is 9.55 Å². The summed E-state index contributed by atoms with van der Waals surface area (Å²) in [5.41, 5.74) is 3.49. The van der Waals surface area contributed by atoms with Crippen LogP contribution in [0.1, 0.15) is 22.2 Å². The van der Waals surface area contributed by atoms with Gasteiger partial charge in [0.25, 0.3) is 0 Å². The lowest BCUT2D eigenvalue weighted by atomic mass is 10.2. The summed E-state index contributed by atoms with van der Waals surface area (Å²) in [5.74, 6) is 0.961. The van der Waals surface area contributed by atoms with Crippen LogP contribution in [0.15, 0.2) is 36.8 Å². The third kappa shape index (κ3) is 1.45. The van der Waals surface area contributed by atoms with Gasteiger partial charge in [-0.1, -0.05) is 6.07 Å². The highest BCUT2D eigenvalue weighted by atomic mass is 32.2. The van der Waals surface area contributed by atoms with Crippen LogP contribution in [-0.2, 0) is 12.4 Å². The molecule has 0 radical (unpaired) electrons. The largest absolute Gasteiger partial charge is 0.392 e. The molecule has 0 aromatic carbocycles. The molecule has 16 heavy (non-hydrogen) atoms. The maximum Gasteiger partial charge on any atom is 0.106 e. The molecule has 4 heteroatoms. The van der Waals surface area contributed by atoms with Crippen LogP contribution in [0.2, 0.25) is 0 Å². The fourth-order valence-corrected chi connectivity index (χ4v) is 3.41. The third-order valence-electron chi connectivity index (χ3n) is 2.89. The van der Waals surface area contributed by atoms with Crippen LogP contribution in [0.25, 0.3) is 0 Å². The molecule has 2 aromatic rings. The molecule has 0 spiro atoms. The van der Waals surface area contributed by atoms with Crippen molar-refractivity contribution in [2.45, 2.75) is 17.7 Å². The highest BCUT2D eigenvalue weighted by Gasteiger charge is 2.25. The van der Waals surface area contributed by atoms with Gasteiger partial charge in [0, 0.05) is 35.6 Å². The third-order valence-corrected chi connectivity index (χ3v) is 4.14. The second-order valence-corrected chi connectivity index (χ2v) is 4.87. The van der Waals surface area contributed by atoms with E-state index in [0.29, 0.717) is 5.37 Å². The van der Waals surface area contributed by atoms with Gasteiger partial charge < -0.3 is 9.67 Å². The standard InChI is InChI=1S/C12H12N2OS/c15-7-10-3-5-14-11(10)8-16-12(14)9-2-1-4-13-6-9/h1-6,12,15H,7-8H2. The summed E-state index contributed by atoms with van der Waals surface area (Å²) in [6, 6.07) is 6.06. The highest BCUT2D eigenvalue weighted by Crippen LogP contribution is 2.41. The number of thioether (sulfide) groups is 1. The summed E-state index contributed by atoms with van der Waals surface area (Å²) in [4.78, 5) is 4.15. The Morgan fingerprint density at radius 2 is 2.44 bits per heavy atom. The van der Waals surface area contributed by atoms with Crippen molar-refractivity contribution in [2.75, 3.05) is 0 Å². The van der Waals surface area contributed by atoms with Crippen molar-refractivity contribution in [1.29, 1.82) is 0 Å². The van der Waals surface area contributed by atoms with Crippen LogP contribution >= 0.6 is 11.8 Å². The smallest absolute Gasteiger partial charge is 0.106 e. The van der Waals surface area contributed by atoms with E-state index in [4.69, 9.17) is 0 Å². The molecule has 0 saturated carbocycles. The molecule has 3 rings (SSSR count). The van der Waals surface area contributed by atoms with E-state index in [1.807, 2.05) is 30.1 Å². The molecule has 0 bridgehead atoms. The normalized spacial score (nSPS) is 18.7. The quantitative estimate of drug-likeness (QED) is 0.862. The summed E-state index contributed by atoms with van der Waals surface area (Å²) in [6.07, 6.45) is 5.75. The minimum atomic E-state index is 0.128. The van der Waals surface area contributed by atoms with Gasteiger partial charge in [-0.2, -0.15) is 0 Å². The molecule has 82 valence electrons. The van der Waals surface area contributed by atoms with Gasteiger partial charge in [0.2, 0.25) is 0 Å². The molecular weight excluding hydrogens is 220 g/mol. The van der Waals surface area contributed by atoms with Crippen molar-refractivity contribution >= 4 is 11.8 Å². The molecule has 0 aliphatic carbocycles. The van der Waals surface area contributed by atoms with Crippen LogP contribution < -0.4 is 0 Å². The Balaban J connectivity index is 2.01. The van der Waals surface area contributed by atoms with E-state index in [-0.39, 0.29) is 6.61 Å². The first-order valence-electron chi connectivity index (χ1n) is 5.21. The van der Waals surface area contributed by atoms with E-state index >= 15 is 0 Å². The first-order valence-corrected chi connectivity index (χ1v) is 6.26. The zero-order chi connectivity index (χ0) is 11.0. The van der Waals surface area contributed by atoms with Gasteiger partial charge in [-0.25, -0.2) is 0 Å². The number of hydrogen-bond acceptors (Lipinski definition) is 3. The maximum absolute atomic E-state index is 9.21. The van der Waals surface area contributed by atoms with Gasteiger partial charge in [0.15, 0.2) is 0 Å². The SMILES string of the molecule is OCc1ccn2c1CSC2c1cccnc1. The number of fused-ring (bicyclic) bond motifs is 1. The number of pyridine rings is 1. The monoisotopic (exact) mass is 232 g/mol. The van der Waals surface area contributed by atoms with Crippen molar-refractivity contribution in [3.8, 4) is 0 Å². The van der Waals surface area contributed by atoms with Crippen LogP contribution in [0.5, 0.6) is 0 Å². The van der Waals surface area contributed by atoms with E-state index in [1.54, 1.807) is 6.20 Å². The van der Waals surface area contributed by atoms with Crippen LogP contribution in [0.4, 0.5) is 0 Å². The molecule has 1 unspecified atom stereocenters. The van der Waals surface area contributed by atoms with Gasteiger partial charge >= 0.3 is 0 Å². The first-order chi connectivity index (χ1) is 7.90. The average Bonchev–Trinajstić information content (AvgIpc) is 2.90. The van der Waals surface area contributed by atoms with Crippen molar-refractivity contribution in [2.24, 2.45) is 0 Å². The maximum atomic E-state index is 9.21. The lowest BCUT2D eigenvalue weighted by molar-refractivity contribution is 0.281. The number of hydrogen-bond donors (Lipinski definition) is 1. The Labute approximate surface area is 98.1 Å². The van der Waals surface area contributed by atoms with Crippen LogP contribution in [-0.4, -0.2) is 14.7 Å². The summed E-state index contributed by atoms with van der Waals surface area (Å²) in [7, 11) is 0. The minimum Gasteiger partial charge on any atom is -0.392 e. The van der Waals surface area contributed by atoms with Gasteiger partial charge in [-0.3, -0.25) is 4.98 Å². The molecule has 1 aliphatic rings. The molecule has 3 heterocycles. The van der Waals surface area contributed by atoms with Gasteiger partial charge in [0.05, 0.1) is 6.61 Å². The molecule has 0 fully saturated rings. The zero-order valence-electron chi connectivity index (χ0n) is 8.71. The Bertz CT molecular complexity index is 495. The Hall–Kier alpha value is -1.26. The zero-order valence-corrected chi connectivity index (χ0v) is 9.52. The highest BCUT2D eigenvalue weighted by molar-refractivity contribution is 7.99. The molecule has 0 saturated heterocycles. The van der Waals surface area contributed by atoms with E-state index in [9.17, 15) is 5.11 Å². The molecule has 3 nitrogen and oxygen atoms in total. The molecular formula is C12H12N2OS. The summed E-state index contributed by atoms with van der Waals surface area (Å²) >= 11 is 1.87. The van der Waals surface area contributed by atoms with E-state index in [1.165, 1.54) is 11.3 Å². The van der Waals surface area contributed by atoms with Gasteiger partial charge in [-0.05, 0) is 17.7 Å². The van der Waals surface area contributed by atoms with E-state index in [0.717, 1.165) is 11.3 Å². The summed E-state index contributed by atoms with van der Waals surface area (Å²) in [5, 5.41) is 9.52. The van der Waals surface area contributed by atoms with Gasteiger partial charge in [0.1, 0.15) is 5.37 Å². The fraction of sp³-hybridized carbons (Fsp3) is 0.250. The topological polar surface area (TPSA) is 38.0 Å². The molecule has 2 aromatic heterocycles. The Morgan fingerprint density at radius 1 is 1.50 bits per heavy atom. The van der Waals surface area contributed by atoms with Crippen molar-refractivity contribution < 1.29 is 5.11 Å². The molecule has 0 amide bonds. The number of nitrogens with zero attached hydrogens (tertiary/aromatic N) is 2. The number of rotatable bonds is 2. The Kier molecular flexibility index (Phi) is 2.46. The molecule has 1 N–H and O–H groups in total. The lowest BCUT2D eigenvalue weighted by Gasteiger charge is -2.11. The molecule has 1 atom stereocenters. The predicted octanol–water partition coefficient (Wildman–Crippen LogP) is 2.17. The van der Waals surface area contributed by atoms with E-state index < -0.39 is 0 Å². The Morgan fingerprint density at radius 3 is 3.19 bits per heavy atom. The minimum absolute atomic E-state index is 0.128. The fourth-order valence-electron chi connectivity index (χ4n) is 2.07. The molecule has 1 aliphatic heterocycles. The number of aliphatic hydroxyl groups excluding tert-OH is 1. The first kappa shape index (κ1) is 9.93. The van der Waals surface area contributed by atoms with Crippen molar-refractivity contribution in [3.63, 3.8) is 0 Å². The predicted molar refractivity (Wildman–Crippen MR) is 64.0 cm³/mol. The van der Waals surface area contributed by atoms with E-state index in [2.05, 4.69) is 21.8 Å². The average molecular weight is 232 g/mol. The summed E-state index contributed by atoms with van der Waals surface area (Å²) in [6.45, 7) is 0.128. The van der Waals surface area contributed by atoms with Gasteiger partial charge in [-0.15, -0.1) is 11.8 Å². The second kappa shape index (κ2) is 3.96. The number of aromatic nitrogens is 2.